The summed E-state index contributed by atoms with van der Waals surface area (Å²) in [5.41, 5.74) is 1.05. The second-order valence-electron chi connectivity index (χ2n) is 3.14. The Morgan fingerprint density at radius 3 is 2.75 bits per heavy atom. The van der Waals surface area contributed by atoms with Gasteiger partial charge >= 0.3 is 0 Å². The maximum atomic E-state index is 13.5. The molecule has 16 heavy (non-hydrogen) atoms. The molecule has 0 saturated heterocycles. The number of hydrogen-bond acceptors (Lipinski definition) is 2. The molecule has 78 valence electrons. The lowest BCUT2D eigenvalue weighted by Gasteiger charge is -2.04. The van der Waals surface area contributed by atoms with Gasteiger partial charge in [-0.05, 0) is 34.1 Å². The van der Waals surface area contributed by atoms with Gasteiger partial charge in [0.2, 0.25) is 0 Å². The first kappa shape index (κ1) is 10.8. The first-order valence-corrected chi connectivity index (χ1v) is 5.32. The molecule has 0 spiro atoms. The fourth-order valence-corrected chi connectivity index (χ4v) is 1.72. The number of rotatable bonds is 1. The van der Waals surface area contributed by atoms with Crippen LogP contribution < -0.4 is 0 Å². The van der Waals surface area contributed by atoms with Crippen LogP contribution in [0, 0.1) is 17.1 Å². The van der Waals surface area contributed by atoms with Gasteiger partial charge in [0.15, 0.2) is 0 Å². The van der Waals surface area contributed by atoms with Gasteiger partial charge in [-0.15, -0.1) is 0 Å². The molecule has 0 radical (unpaired) electrons. The van der Waals surface area contributed by atoms with E-state index in [0.29, 0.717) is 21.3 Å². The SMILES string of the molecule is N#Cc1cc(Br)cnc1-c1ccccc1F. The van der Waals surface area contributed by atoms with Crippen molar-refractivity contribution in [2.24, 2.45) is 0 Å². The maximum absolute atomic E-state index is 13.5. The van der Waals surface area contributed by atoms with Crippen LogP contribution in [0.15, 0.2) is 41.0 Å². The zero-order valence-electron chi connectivity index (χ0n) is 8.11. The number of benzene rings is 1. The molecule has 1 aromatic carbocycles. The largest absolute Gasteiger partial charge is 0.254 e. The second kappa shape index (κ2) is 4.42. The molecule has 2 aromatic rings. The molecule has 0 bridgehead atoms. The normalized spacial score (nSPS) is 9.81. The zero-order valence-corrected chi connectivity index (χ0v) is 9.70. The van der Waals surface area contributed by atoms with E-state index in [2.05, 4.69) is 20.9 Å². The number of halogens is 2. The third-order valence-corrected chi connectivity index (χ3v) is 2.54. The van der Waals surface area contributed by atoms with Crippen molar-refractivity contribution in [1.82, 2.24) is 4.98 Å². The predicted molar refractivity (Wildman–Crippen MR) is 62.0 cm³/mol. The van der Waals surface area contributed by atoms with Crippen molar-refractivity contribution in [3.8, 4) is 17.3 Å². The van der Waals surface area contributed by atoms with Crippen molar-refractivity contribution >= 4 is 15.9 Å². The number of pyridine rings is 1. The Labute approximate surface area is 100 Å². The average molecular weight is 277 g/mol. The fraction of sp³-hybridized carbons (Fsp3) is 0. The van der Waals surface area contributed by atoms with Crippen molar-refractivity contribution in [1.29, 1.82) is 5.26 Å². The van der Waals surface area contributed by atoms with Gasteiger partial charge in [0.05, 0.1) is 11.3 Å². The molecule has 0 amide bonds. The van der Waals surface area contributed by atoms with Crippen LogP contribution in [-0.2, 0) is 0 Å². The summed E-state index contributed by atoms with van der Waals surface area (Å²) in [6, 6.07) is 9.89. The molecule has 0 atom stereocenters. The number of hydrogen-bond donors (Lipinski definition) is 0. The summed E-state index contributed by atoms with van der Waals surface area (Å²) in [6.45, 7) is 0. The maximum Gasteiger partial charge on any atom is 0.132 e. The first-order valence-electron chi connectivity index (χ1n) is 4.53. The van der Waals surface area contributed by atoms with Gasteiger partial charge in [0.25, 0.3) is 0 Å². The fourth-order valence-electron chi connectivity index (χ4n) is 1.39. The molecule has 2 rings (SSSR count). The minimum absolute atomic E-state index is 0.339. The van der Waals surface area contributed by atoms with Crippen molar-refractivity contribution < 1.29 is 4.39 Å². The van der Waals surface area contributed by atoms with Gasteiger partial charge in [-0.3, -0.25) is 4.98 Å². The highest BCUT2D eigenvalue weighted by Crippen LogP contribution is 2.25. The van der Waals surface area contributed by atoms with Crippen molar-refractivity contribution in [2.75, 3.05) is 0 Å². The molecule has 1 aromatic heterocycles. The van der Waals surface area contributed by atoms with E-state index in [4.69, 9.17) is 5.26 Å². The highest BCUT2D eigenvalue weighted by atomic mass is 79.9. The second-order valence-corrected chi connectivity index (χ2v) is 4.06. The van der Waals surface area contributed by atoms with E-state index < -0.39 is 0 Å². The van der Waals surface area contributed by atoms with E-state index in [-0.39, 0.29) is 5.82 Å². The topological polar surface area (TPSA) is 36.7 Å². The molecule has 0 fully saturated rings. The Kier molecular flexibility index (Phi) is 2.97. The third kappa shape index (κ3) is 1.95. The lowest BCUT2D eigenvalue weighted by Crippen LogP contribution is -1.91. The molecule has 2 nitrogen and oxygen atoms in total. The summed E-state index contributed by atoms with van der Waals surface area (Å²) < 4.78 is 14.2. The van der Waals surface area contributed by atoms with Crippen molar-refractivity contribution in [3.63, 3.8) is 0 Å². The Morgan fingerprint density at radius 1 is 1.31 bits per heavy atom. The van der Waals surface area contributed by atoms with Crippen molar-refractivity contribution in [2.45, 2.75) is 0 Å². The van der Waals surface area contributed by atoms with Gasteiger partial charge in [-0.25, -0.2) is 4.39 Å². The number of nitrogens with zero attached hydrogens (tertiary/aromatic N) is 2. The van der Waals surface area contributed by atoms with Crippen LogP contribution in [0.2, 0.25) is 0 Å². The van der Waals surface area contributed by atoms with Crippen LogP contribution in [0.4, 0.5) is 4.39 Å². The number of aromatic nitrogens is 1. The van der Waals surface area contributed by atoms with Crippen LogP contribution in [0.3, 0.4) is 0 Å². The summed E-state index contributed by atoms with van der Waals surface area (Å²) >= 11 is 3.22. The summed E-state index contributed by atoms with van der Waals surface area (Å²) in [7, 11) is 0. The molecule has 1 heterocycles. The average Bonchev–Trinajstić information content (AvgIpc) is 2.30. The molecule has 0 saturated carbocycles. The smallest absolute Gasteiger partial charge is 0.132 e. The Bertz CT molecular complexity index is 575. The molecule has 0 aliphatic heterocycles. The Morgan fingerprint density at radius 2 is 2.06 bits per heavy atom. The molecular weight excluding hydrogens is 271 g/mol. The van der Waals surface area contributed by atoms with Gasteiger partial charge in [-0.1, -0.05) is 12.1 Å². The van der Waals surface area contributed by atoms with Crippen LogP contribution in [-0.4, -0.2) is 4.98 Å². The Hall–Kier alpha value is -1.73. The lowest BCUT2D eigenvalue weighted by atomic mass is 10.1. The molecule has 0 aliphatic rings. The molecule has 4 heteroatoms. The first-order chi connectivity index (χ1) is 7.72. The summed E-state index contributed by atoms with van der Waals surface area (Å²) in [4.78, 5) is 4.07. The van der Waals surface area contributed by atoms with Gasteiger partial charge in [0, 0.05) is 16.2 Å². The van der Waals surface area contributed by atoms with Gasteiger partial charge < -0.3 is 0 Å². The van der Waals surface area contributed by atoms with E-state index in [1.165, 1.54) is 6.07 Å². The highest BCUT2D eigenvalue weighted by Gasteiger charge is 2.10. The highest BCUT2D eigenvalue weighted by molar-refractivity contribution is 9.10. The summed E-state index contributed by atoms with van der Waals surface area (Å²) in [5.74, 6) is -0.381. The van der Waals surface area contributed by atoms with E-state index in [1.807, 2.05) is 6.07 Å². The van der Waals surface area contributed by atoms with Crippen molar-refractivity contribution in [3.05, 3.63) is 52.4 Å². The minimum atomic E-state index is -0.381. The van der Waals surface area contributed by atoms with Crippen LogP contribution in [0.5, 0.6) is 0 Å². The van der Waals surface area contributed by atoms with Gasteiger partial charge in [0.1, 0.15) is 11.9 Å². The zero-order chi connectivity index (χ0) is 11.5. The molecule has 0 unspecified atom stereocenters. The van der Waals surface area contributed by atoms with Gasteiger partial charge in [-0.2, -0.15) is 5.26 Å². The predicted octanol–water partition coefficient (Wildman–Crippen LogP) is 3.52. The van der Waals surface area contributed by atoms with E-state index in [0.717, 1.165) is 0 Å². The quantitative estimate of drug-likeness (QED) is 0.799. The van der Waals surface area contributed by atoms with Crippen LogP contribution in [0.1, 0.15) is 5.56 Å². The minimum Gasteiger partial charge on any atom is -0.254 e. The van der Waals surface area contributed by atoms with Crippen LogP contribution >= 0.6 is 15.9 Å². The molecule has 0 N–H and O–H groups in total. The summed E-state index contributed by atoms with van der Waals surface area (Å²) in [5, 5.41) is 8.96. The Balaban J connectivity index is 2.66. The lowest BCUT2D eigenvalue weighted by molar-refractivity contribution is 0.630. The van der Waals surface area contributed by atoms with E-state index in [9.17, 15) is 4.39 Å². The van der Waals surface area contributed by atoms with Crippen LogP contribution in [0.25, 0.3) is 11.3 Å². The standard InChI is InChI=1S/C12H6BrFN2/c13-9-5-8(6-15)12(16-7-9)10-3-1-2-4-11(10)14/h1-5,7H. The monoisotopic (exact) mass is 276 g/mol. The summed E-state index contributed by atoms with van der Waals surface area (Å²) in [6.07, 6.45) is 1.54. The third-order valence-electron chi connectivity index (χ3n) is 2.10. The molecular formula is C12H6BrFN2. The molecule has 0 aliphatic carbocycles. The van der Waals surface area contributed by atoms with E-state index in [1.54, 1.807) is 30.5 Å². The van der Waals surface area contributed by atoms with E-state index >= 15 is 0 Å². The number of nitriles is 1.